The van der Waals surface area contributed by atoms with Crippen molar-refractivity contribution in [3.8, 4) is 5.75 Å². The molecule has 0 saturated carbocycles. The minimum atomic E-state index is -0.165. The van der Waals surface area contributed by atoms with E-state index in [1.165, 1.54) is 0 Å². The lowest BCUT2D eigenvalue weighted by Gasteiger charge is -2.20. The maximum absolute atomic E-state index is 11.0. The number of benzene rings is 1. The second-order valence-corrected chi connectivity index (χ2v) is 3.35. The van der Waals surface area contributed by atoms with Gasteiger partial charge in [-0.25, -0.2) is 0 Å². The van der Waals surface area contributed by atoms with Crippen LogP contribution in [0.3, 0.4) is 0 Å². The quantitative estimate of drug-likeness (QED) is 0.745. The van der Waals surface area contributed by atoms with Crippen molar-refractivity contribution in [2.75, 3.05) is 24.3 Å². The van der Waals surface area contributed by atoms with E-state index >= 15 is 0 Å². The van der Waals surface area contributed by atoms with Crippen LogP contribution in [-0.4, -0.2) is 19.6 Å². The van der Waals surface area contributed by atoms with E-state index in [0.717, 1.165) is 5.69 Å². The molecule has 14 heavy (non-hydrogen) atoms. The summed E-state index contributed by atoms with van der Waals surface area (Å²) in [5.41, 5.74) is 1.38. The first-order valence-electron chi connectivity index (χ1n) is 4.14. The molecule has 0 aromatic heterocycles. The number of nitrogens with one attached hydrogen (secondary N) is 2. The molecule has 4 nitrogen and oxygen atoms in total. The van der Waals surface area contributed by atoms with Gasteiger partial charge in [0, 0.05) is 12.1 Å². The molecule has 1 aromatic carbocycles. The van der Waals surface area contributed by atoms with Crippen LogP contribution in [0.2, 0.25) is 5.02 Å². The van der Waals surface area contributed by atoms with Crippen LogP contribution in [0.25, 0.3) is 0 Å². The predicted molar refractivity (Wildman–Crippen MR) is 55.1 cm³/mol. The van der Waals surface area contributed by atoms with E-state index in [1.54, 1.807) is 19.2 Å². The third-order valence-corrected chi connectivity index (χ3v) is 2.16. The highest BCUT2D eigenvalue weighted by Crippen LogP contribution is 2.38. The molecule has 0 bridgehead atoms. The van der Waals surface area contributed by atoms with Gasteiger partial charge in [-0.15, -0.1) is 0 Å². The monoisotopic (exact) mass is 212 g/mol. The number of halogens is 1. The summed E-state index contributed by atoms with van der Waals surface area (Å²) < 4.78 is 5.28. The number of rotatable bonds is 1. The average Bonchev–Trinajstić information content (AvgIpc) is 2.15. The van der Waals surface area contributed by atoms with Gasteiger partial charge in [-0.05, 0) is 12.1 Å². The van der Waals surface area contributed by atoms with E-state index in [-0.39, 0.29) is 12.5 Å². The minimum Gasteiger partial charge on any atom is -0.479 e. The van der Waals surface area contributed by atoms with Crippen molar-refractivity contribution in [2.45, 2.75) is 0 Å². The van der Waals surface area contributed by atoms with E-state index in [1.807, 2.05) is 0 Å². The lowest BCUT2D eigenvalue weighted by atomic mass is 10.2. The third kappa shape index (κ3) is 1.48. The van der Waals surface area contributed by atoms with Crippen LogP contribution < -0.4 is 15.4 Å². The fourth-order valence-corrected chi connectivity index (χ4v) is 1.57. The summed E-state index contributed by atoms with van der Waals surface area (Å²) in [6, 6.07) is 3.41. The van der Waals surface area contributed by atoms with Gasteiger partial charge in [0.25, 0.3) is 5.91 Å². The Morgan fingerprint density at radius 1 is 1.57 bits per heavy atom. The summed E-state index contributed by atoms with van der Waals surface area (Å²) >= 11 is 5.86. The number of anilines is 2. The summed E-state index contributed by atoms with van der Waals surface area (Å²) in [4.78, 5) is 11.0. The average molecular weight is 213 g/mol. The van der Waals surface area contributed by atoms with Crippen LogP contribution >= 0.6 is 11.6 Å². The van der Waals surface area contributed by atoms with Crippen molar-refractivity contribution in [1.82, 2.24) is 0 Å². The molecule has 1 aromatic rings. The molecule has 0 atom stereocenters. The molecule has 0 unspecified atom stereocenters. The van der Waals surface area contributed by atoms with Crippen molar-refractivity contribution in [3.63, 3.8) is 0 Å². The van der Waals surface area contributed by atoms with Gasteiger partial charge in [0.15, 0.2) is 12.4 Å². The molecule has 1 heterocycles. The Kier molecular flexibility index (Phi) is 2.21. The van der Waals surface area contributed by atoms with Crippen molar-refractivity contribution < 1.29 is 9.53 Å². The zero-order chi connectivity index (χ0) is 10.1. The number of carbonyl (C=O) groups is 1. The van der Waals surface area contributed by atoms with Crippen LogP contribution in [0.5, 0.6) is 5.75 Å². The topological polar surface area (TPSA) is 50.4 Å². The highest BCUT2D eigenvalue weighted by molar-refractivity contribution is 6.31. The Labute approximate surface area is 86.2 Å². The molecule has 0 fully saturated rings. The van der Waals surface area contributed by atoms with Gasteiger partial charge in [0.05, 0.1) is 11.4 Å². The molecule has 74 valence electrons. The fourth-order valence-electron chi connectivity index (χ4n) is 1.35. The van der Waals surface area contributed by atoms with E-state index in [0.29, 0.717) is 16.5 Å². The van der Waals surface area contributed by atoms with E-state index in [4.69, 9.17) is 16.3 Å². The Morgan fingerprint density at radius 2 is 2.36 bits per heavy atom. The molecule has 5 heteroatoms. The van der Waals surface area contributed by atoms with Crippen molar-refractivity contribution >= 4 is 28.9 Å². The van der Waals surface area contributed by atoms with Gasteiger partial charge in [-0.3, -0.25) is 4.79 Å². The summed E-state index contributed by atoms with van der Waals surface area (Å²) in [6.45, 7) is 0.0450. The Bertz CT molecular complexity index is 393. The molecule has 2 N–H and O–H groups in total. The lowest BCUT2D eigenvalue weighted by molar-refractivity contribution is -0.118. The van der Waals surface area contributed by atoms with Crippen LogP contribution in [0.1, 0.15) is 0 Å². The molecule has 1 aliphatic heterocycles. The lowest BCUT2D eigenvalue weighted by Crippen LogP contribution is -2.25. The molecule has 1 amide bonds. The number of amides is 1. The van der Waals surface area contributed by atoms with E-state index in [2.05, 4.69) is 10.6 Å². The number of carbonyl (C=O) groups excluding carboxylic acids is 1. The van der Waals surface area contributed by atoms with Crippen molar-refractivity contribution in [1.29, 1.82) is 0 Å². The number of hydrogen-bond donors (Lipinski definition) is 2. The molecule has 0 saturated heterocycles. The molecule has 2 rings (SSSR count). The summed E-state index contributed by atoms with van der Waals surface area (Å²) in [7, 11) is 1.77. The normalized spacial score (nSPS) is 14.0. The third-order valence-electron chi connectivity index (χ3n) is 1.94. The number of hydrogen-bond acceptors (Lipinski definition) is 3. The molecule has 0 aliphatic carbocycles. The highest BCUT2D eigenvalue weighted by atomic mass is 35.5. The molecule has 0 spiro atoms. The zero-order valence-electron chi connectivity index (χ0n) is 7.56. The second-order valence-electron chi connectivity index (χ2n) is 2.92. The van der Waals surface area contributed by atoms with Crippen LogP contribution in [0.4, 0.5) is 11.4 Å². The Morgan fingerprint density at radius 3 is 3.07 bits per heavy atom. The van der Waals surface area contributed by atoms with Crippen LogP contribution in [0, 0.1) is 0 Å². The van der Waals surface area contributed by atoms with Gasteiger partial charge < -0.3 is 15.4 Å². The summed E-state index contributed by atoms with van der Waals surface area (Å²) in [5.74, 6) is 0.471. The maximum Gasteiger partial charge on any atom is 0.262 e. The SMILES string of the molecule is CNc1cc(Cl)cc2c1OCC(=O)N2. The summed E-state index contributed by atoms with van der Waals surface area (Å²) in [5, 5.41) is 6.19. The van der Waals surface area contributed by atoms with Gasteiger partial charge in [-0.1, -0.05) is 11.6 Å². The first-order chi connectivity index (χ1) is 6.70. The summed E-state index contributed by atoms with van der Waals surface area (Å²) in [6.07, 6.45) is 0. The molecular formula is C9H9ClN2O2. The van der Waals surface area contributed by atoms with Gasteiger partial charge in [0.2, 0.25) is 0 Å². The predicted octanol–water partition coefficient (Wildman–Crippen LogP) is 1.71. The van der Waals surface area contributed by atoms with Crippen LogP contribution in [0.15, 0.2) is 12.1 Å². The van der Waals surface area contributed by atoms with Gasteiger partial charge >= 0.3 is 0 Å². The van der Waals surface area contributed by atoms with E-state index < -0.39 is 0 Å². The van der Waals surface area contributed by atoms with Crippen molar-refractivity contribution in [2.24, 2.45) is 0 Å². The van der Waals surface area contributed by atoms with E-state index in [9.17, 15) is 4.79 Å². The zero-order valence-corrected chi connectivity index (χ0v) is 8.31. The standard InChI is InChI=1S/C9H9ClN2O2/c1-11-6-2-5(10)3-7-9(6)14-4-8(13)12-7/h2-3,11H,4H2,1H3,(H,12,13). The first kappa shape index (κ1) is 9.15. The maximum atomic E-state index is 11.0. The number of ether oxygens (including phenoxy) is 1. The van der Waals surface area contributed by atoms with Crippen LogP contribution in [-0.2, 0) is 4.79 Å². The van der Waals surface area contributed by atoms with Crippen molar-refractivity contribution in [3.05, 3.63) is 17.2 Å². The molecule has 0 radical (unpaired) electrons. The largest absolute Gasteiger partial charge is 0.479 e. The second kappa shape index (κ2) is 3.38. The first-order valence-corrected chi connectivity index (χ1v) is 4.52. The number of fused-ring (bicyclic) bond motifs is 1. The van der Waals surface area contributed by atoms with Gasteiger partial charge in [-0.2, -0.15) is 0 Å². The smallest absolute Gasteiger partial charge is 0.262 e. The highest BCUT2D eigenvalue weighted by Gasteiger charge is 2.19. The fraction of sp³-hybridized carbons (Fsp3) is 0.222. The minimum absolute atomic E-state index is 0.0450. The van der Waals surface area contributed by atoms with Gasteiger partial charge in [0.1, 0.15) is 0 Å². The Hall–Kier alpha value is -1.42. The Balaban J connectivity index is 2.51. The molecule has 1 aliphatic rings. The molecular weight excluding hydrogens is 204 g/mol.